The van der Waals surface area contributed by atoms with E-state index in [4.69, 9.17) is 4.74 Å². The van der Waals surface area contributed by atoms with Crippen molar-refractivity contribution in [1.29, 1.82) is 0 Å². The normalized spacial score (nSPS) is 18.5. The fourth-order valence-electron chi connectivity index (χ4n) is 4.01. The van der Waals surface area contributed by atoms with Crippen LogP contribution < -0.4 is 4.90 Å². The van der Waals surface area contributed by atoms with E-state index < -0.39 is 11.9 Å². The van der Waals surface area contributed by atoms with Crippen molar-refractivity contribution in [2.75, 3.05) is 24.6 Å². The molecule has 2 aromatic carbocycles. The van der Waals surface area contributed by atoms with Crippen molar-refractivity contribution in [2.24, 2.45) is 5.92 Å². The first-order valence-corrected chi connectivity index (χ1v) is 9.98. The first kappa shape index (κ1) is 19.2. The third-order valence-electron chi connectivity index (χ3n) is 5.51. The summed E-state index contributed by atoms with van der Waals surface area (Å²) in [6.45, 7) is 1.14. The van der Waals surface area contributed by atoms with Gasteiger partial charge in [-0.3, -0.25) is 14.4 Å². The molecule has 0 saturated carbocycles. The number of aryl methyl sites for hydroxylation is 1. The van der Waals surface area contributed by atoms with Gasteiger partial charge in [-0.05, 0) is 30.0 Å². The molecule has 6 heteroatoms. The SMILES string of the molecule is O=C(OCC(=O)N1CCCc2ccccc21)C1CC(=O)N(Cc2ccccc2)C1. The monoisotopic (exact) mass is 392 g/mol. The Hall–Kier alpha value is -3.15. The standard InChI is InChI=1S/C23H24N2O4/c26-21-13-19(15-24(21)14-17-7-2-1-3-8-17)23(28)29-16-22(27)25-12-6-10-18-9-4-5-11-20(18)25/h1-5,7-9,11,19H,6,10,12-16H2. The van der Waals surface area contributed by atoms with Crippen molar-refractivity contribution in [2.45, 2.75) is 25.8 Å². The van der Waals surface area contributed by atoms with Gasteiger partial charge < -0.3 is 14.5 Å². The van der Waals surface area contributed by atoms with Gasteiger partial charge >= 0.3 is 5.97 Å². The van der Waals surface area contributed by atoms with Crippen LogP contribution in [-0.2, 0) is 32.1 Å². The van der Waals surface area contributed by atoms with Crippen LogP contribution in [-0.4, -0.2) is 42.4 Å². The molecule has 0 aromatic heterocycles. The van der Waals surface area contributed by atoms with Crippen molar-refractivity contribution >= 4 is 23.5 Å². The van der Waals surface area contributed by atoms with E-state index in [1.165, 1.54) is 0 Å². The lowest BCUT2D eigenvalue weighted by Gasteiger charge is -2.29. The Kier molecular flexibility index (Phi) is 5.60. The molecule has 0 radical (unpaired) electrons. The minimum atomic E-state index is -0.521. The summed E-state index contributed by atoms with van der Waals surface area (Å²) < 4.78 is 5.29. The van der Waals surface area contributed by atoms with Crippen molar-refractivity contribution in [3.05, 3.63) is 65.7 Å². The average molecular weight is 392 g/mol. The lowest BCUT2D eigenvalue weighted by Crippen LogP contribution is -2.39. The molecule has 6 nitrogen and oxygen atoms in total. The summed E-state index contributed by atoms with van der Waals surface area (Å²) in [4.78, 5) is 40.7. The molecule has 1 atom stereocenters. The Morgan fingerprint density at radius 2 is 1.79 bits per heavy atom. The largest absolute Gasteiger partial charge is 0.455 e. The van der Waals surface area contributed by atoms with Crippen LogP contribution in [0, 0.1) is 5.92 Å². The lowest BCUT2D eigenvalue weighted by molar-refractivity contribution is -0.151. The number of rotatable bonds is 5. The molecule has 1 unspecified atom stereocenters. The maximum Gasteiger partial charge on any atom is 0.311 e. The van der Waals surface area contributed by atoms with Gasteiger partial charge in [0.05, 0.1) is 5.92 Å². The molecule has 1 saturated heterocycles. The van der Waals surface area contributed by atoms with E-state index in [-0.39, 0.29) is 24.8 Å². The molecule has 0 spiro atoms. The van der Waals surface area contributed by atoms with Gasteiger partial charge in [-0.25, -0.2) is 0 Å². The van der Waals surface area contributed by atoms with Crippen molar-refractivity contribution in [3.63, 3.8) is 0 Å². The van der Waals surface area contributed by atoms with Crippen molar-refractivity contribution in [1.82, 2.24) is 4.90 Å². The molecular formula is C23H24N2O4. The smallest absolute Gasteiger partial charge is 0.311 e. The first-order valence-electron chi connectivity index (χ1n) is 9.98. The summed E-state index contributed by atoms with van der Waals surface area (Å²) in [5.41, 5.74) is 3.05. The molecule has 2 heterocycles. The number of amides is 2. The number of hydrogen-bond acceptors (Lipinski definition) is 4. The number of carbonyl (C=O) groups is 3. The fourth-order valence-corrected chi connectivity index (χ4v) is 4.01. The summed E-state index contributed by atoms with van der Waals surface area (Å²) in [5, 5.41) is 0. The molecular weight excluding hydrogens is 368 g/mol. The number of ether oxygens (including phenoxy) is 1. The predicted octanol–water partition coefficient (Wildman–Crippen LogP) is 2.56. The van der Waals surface area contributed by atoms with Crippen LogP contribution >= 0.6 is 0 Å². The number of fused-ring (bicyclic) bond motifs is 1. The second-order valence-corrected chi connectivity index (χ2v) is 7.55. The average Bonchev–Trinajstić information content (AvgIpc) is 3.12. The molecule has 2 aromatic rings. The Morgan fingerprint density at radius 3 is 2.62 bits per heavy atom. The fraction of sp³-hybridized carbons (Fsp3) is 0.348. The summed E-state index contributed by atoms with van der Waals surface area (Å²) in [6.07, 6.45) is 1.97. The zero-order valence-electron chi connectivity index (χ0n) is 16.3. The van der Waals surface area contributed by atoms with Gasteiger partial charge in [0, 0.05) is 31.7 Å². The summed E-state index contributed by atoms with van der Waals surface area (Å²) in [6, 6.07) is 17.5. The number of benzene rings is 2. The highest BCUT2D eigenvalue weighted by Crippen LogP contribution is 2.27. The highest BCUT2D eigenvalue weighted by molar-refractivity contribution is 5.96. The molecule has 1 fully saturated rings. The highest BCUT2D eigenvalue weighted by Gasteiger charge is 2.36. The second kappa shape index (κ2) is 8.47. The maximum atomic E-state index is 12.6. The van der Waals surface area contributed by atoms with E-state index in [0.717, 1.165) is 29.7 Å². The molecule has 0 N–H and O–H groups in total. The molecule has 2 aliphatic heterocycles. The first-order chi connectivity index (χ1) is 14.1. The van der Waals surface area contributed by atoms with Gasteiger partial charge in [0.2, 0.25) is 5.91 Å². The number of para-hydroxylation sites is 1. The number of hydrogen-bond donors (Lipinski definition) is 0. The molecule has 0 aliphatic carbocycles. The summed E-state index contributed by atoms with van der Waals surface area (Å²) in [5.74, 6) is -1.29. The van der Waals surface area contributed by atoms with Gasteiger partial charge in [-0.15, -0.1) is 0 Å². The quantitative estimate of drug-likeness (QED) is 0.734. The van der Waals surface area contributed by atoms with Crippen LogP contribution in [0.25, 0.3) is 0 Å². The van der Waals surface area contributed by atoms with Crippen molar-refractivity contribution < 1.29 is 19.1 Å². The molecule has 0 bridgehead atoms. The van der Waals surface area contributed by atoms with Crippen LogP contribution in [0.2, 0.25) is 0 Å². The summed E-state index contributed by atoms with van der Waals surface area (Å²) in [7, 11) is 0. The lowest BCUT2D eigenvalue weighted by atomic mass is 10.0. The molecule has 150 valence electrons. The predicted molar refractivity (Wildman–Crippen MR) is 108 cm³/mol. The number of nitrogens with zero attached hydrogens (tertiary/aromatic N) is 2. The maximum absolute atomic E-state index is 12.6. The van der Waals surface area contributed by atoms with Gasteiger partial charge in [-0.2, -0.15) is 0 Å². The van der Waals surface area contributed by atoms with E-state index >= 15 is 0 Å². The Labute approximate surface area is 170 Å². The second-order valence-electron chi connectivity index (χ2n) is 7.55. The van der Waals surface area contributed by atoms with Gasteiger partial charge in [0.25, 0.3) is 5.91 Å². The third-order valence-corrected chi connectivity index (χ3v) is 5.51. The van der Waals surface area contributed by atoms with Crippen LogP contribution in [0.15, 0.2) is 54.6 Å². The Morgan fingerprint density at radius 1 is 1.03 bits per heavy atom. The van der Waals surface area contributed by atoms with E-state index in [2.05, 4.69) is 0 Å². The topological polar surface area (TPSA) is 66.9 Å². The number of anilines is 1. The minimum Gasteiger partial charge on any atom is -0.455 e. The number of esters is 1. The van der Waals surface area contributed by atoms with Gasteiger partial charge in [-0.1, -0.05) is 48.5 Å². The number of carbonyl (C=O) groups excluding carboxylic acids is 3. The zero-order chi connectivity index (χ0) is 20.2. The van der Waals surface area contributed by atoms with Crippen LogP contribution in [0.5, 0.6) is 0 Å². The van der Waals surface area contributed by atoms with Crippen LogP contribution in [0.1, 0.15) is 24.0 Å². The third kappa shape index (κ3) is 4.31. The van der Waals surface area contributed by atoms with Crippen LogP contribution in [0.4, 0.5) is 5.69 Å². The van der Waals surface area contributed by atoms with Crippen molar-refractivity contribution in [3.8, 4) is 0 Å². The summed E-state index contributed by atoms with van der Waals surface area (Å²) >= 11 is 0. The van der Waals surface area contributed by atoms with E-state index in [1.54, 1.807) is 9.80 Å². The zero-order valence-corrected chi connectivity index (χ0v) is 16.3. The van der Waals surface area contributed by atoms with E-state index in [0.29, 0.717) is 19.6 Å². The Bertz CT molecular complexity index is 912. The van der Waals surface area contributed by atoms with Crippen LogP contribution in [0.3, 0.4) is 0 Å². The molecule has 29 heavy (non-hydrogen) atoms. The van der Waals surface area contributed by atoms with E-state index in [9.17, 15) is 14.4 Å². The molecule has 2 amide bonds. The highest BCUT2D eigenvalue weighted by atomic mass is 16.5. The molecule has 2 aliphatic rings. The minimum absolute atomic E-state index is 0.0629. The van der Waals surface area contributed by atoms with E-state index in [1.807, 2.05) is 54.6 Å². The van der Waals surface area contributed by atoms with Gasteiger partial charge in [0.1, 0.15) is 0 Å². The Balaban J connectivity index is 1.31. The molecule has 4 rings (SSSR count). The number of likely N-dealkylation sites (tertiary alicyclic amines) is 1. The van der Waals surface area contributed by atoms with Gasteiger partial charge in [0.15, 0.2) is 6.61 Å².